The van der Waals surface area contributed by atoms with Crippen LogP contribution in [-0.2, 0) is 25.6 Å². The molecule has 0 radical (unpaired) electrons. The lowest BCUT2D eigenvalue weighted by atomic mass is 9.91. The van der Waals surface area contributed by atoms with Crippen LogP contribution in [0.3, 0.4) is 0 Å². The summed E-state index contributed by atoms with van der Waals surface area (Å²) < 4.78 is 0. The molecule has 10 nitrogen and oxygen atoms in total. The Kier molecular flexibility index (Phi) is 9.79. The molecule has 1 aromatic rings. The van der Waals surface area contributed by atoms with Crippen LogP contribution in [0.25, 0.3) is 12.2 Å². The highest BCUT2D eigenvalue weighted by Gasteiger charge is 2.36. The van der Waals surface area contributed by atoms with Crippen LogP contribution < -0.4 is 26.6 Å². The molecule has 6 N–H and O–H groups in total. The predicted molar refractivity (Wildman–Crippen MR) is 164 cm³/mol. The predicted octanol–water partition coefficient (Wildman–Crippen LogP) is 2.32. The zero-order valence-electron chi connectivity index (χ0n) is 25.9. The lowest BCUT2D eigenvalue weighted by molar-refractivity contribution is -0.138. The van der Waals surface area contributed by atoms with Crippen molar-refractivity contribution >= 4 is 35.9 Å². The van der Waals surface area contributed by atoms with Gasteiger partial charge >= 0.3 is 11.9 Å². The molecule has 4 rings (SSSR count). The topological polar surface area (TPSA) is 161 Å². The number of aromatic amines is 1. The number of hydrogen-bond donors (Lipinski definition) is 6. The van der Waals surface area contributed by atoms with E-state index in [4.69, 9.17) is 0 Å². The van der Waals surface area contributed by atoms with Gasteiger partial charge in [-0.15, -0.1) is 0 Å². The summed E-state index contributed by atoms with van der Waals surface area (Å²) >= 11 is 0. The summed E-state index contributed by atoms with van der Waals surface area (Å²) in [6.45, 7) is 11.8. The van der Waals surface area contributed by atoms with Gasteiger partial charge in [-0.05, 0) is 87.0 Å². The molecule has 1 fully saturated rings. The minimum absolute atomic E-state index is 0.00949. The van der Waals surface area contributed by atoms with Crippen LogP contribution in [0.5, 0.6) is 0 Å². The molecule has 0 spiro atoms. The van der Waals surface area contributed by atoms with Gasteiger partial charge in [0, 0.05) is 58.7 Å². The molecule has 0 aromatic carbocycles. The van der Waals surface area contributed by atoms with Crippen molar-refractivity contribution in [2.45, 2.75) is 98.2 Å². The summed E-state index contributed by atoms with van der Waals surface area (Å²) in [4.78, 5) is 51.4. The van der Waals surface area contributed by atoms with Gasteiger partial charge in [0.1, 0.15) is 0 Å². The Balaban J connectivity index is 1.78. The average Bonchev–Trinajstić information content (AvgIpc) is 3.59. The number of aliphatic carboxylic acids is 2. The SMILES string of the molecule is CCC1=C(C)C(/C=c2/[nH]/c(=C\C3NC(/C=C4\NC(=O)[C@H](C)[C@H]4CC)C(C)=C3CCC(=O)O)c(CCC(=O)O)c2C)NC1=O. The third kappa shape index (κ3) is 6.69. The highest BCUT2D eigenvalue weighted by atomic mass is 16.4. The number of H-pyrrole nitrogens is 1. The van der Waals surface area contributed by atoms with Gasteiger partial charge in [0.15, 0.2) is 0 Å². The quantitative estimate of drug-likeness (QED) is 0.215. The average molecular weight is 593 g/mol. The van der Waals surface area contributed by atoms with Crippen molar-refractivity contribution in [1.29, 1.82) is 0 Å². The first-order chi connectivity index (χ1) is 20.4. The molecule has 0 bridgehead atoms. The number of allylic oxidation sites excluding steroid dienone is 1. The molecule has 4 heterocycles. The highest BCUT2D eigenvalue weighted by molar-refractivity contribution is 5.98. The summed E-state index contributed by atoms with van der Waals surface area (Å²) in [5, 5.41) is 30.2. The van der Waals surface area contributed by atoms with E-state index in [-0.39, 0.29) is 54.6 Å². The standard InChI is InChI=1S/C33H44N4O6/c1-7-20-19(6)32(42)37-27(20)14-25-18(5)23(10-12-31(40)41)29(35-25)15-28-22(9-11-30(38)39)17(4)24(34-28)13-26-16(3)21(8-2)33(43)36-26/h13-15,19-20,25-26,29,34-35H,7-12H2,1-6H3,(H,36,43)(H,37,42)(H,38,39)(H,40,41)/b24-13+,27-14-,28-15-/t19-,20-,25?,26?,29?/m1/s1. The maximum absolute atomic E-state index is 12.4. The van der Waals surface area contributed by atoms with Crippen molar-refractivity contribution in [1.82, 2.24) is 20.9 Å². The van der Waals surface area contributed by atoms with Crippen molar-refractivity contribution in [3.8, 4) is 0 Å². The van der Waals surface area contributed by atoms with Crippen molar-refractivity contribution in [2.24, 2.45) is 11.8 Å². The smallest absolute Gasteiger partial charge is 0.303 e. The van der Waals surface area contributed by atoms with E-state index in [1.54, 1.807) is 0 Å². The second-order valence-corrected chi connectivity index (χ2v) is 11.9. The second kappa shape index (κ2) is 13.2. The van der Waals surface area contributed by atoms with E-state index in [1.165, 1.54) is 0 Å². The summed E-state index contributed by atoms with van der Waals surface area (Å²) in [6, 6.07) is -0.757. The van der Waals surface area contributed by atoms with Gasteiger partial charge in [0.05, 0.1) is 6.04 Å². The number of nitrogens with one attached hydrogen (secondary N) is 4. The number of aromatic nitrogens is 1. The molecule has 1 saturated heterocycles. The molecule has 3 aliphatic heterocycles. The molecule has 43 heavy (non-hydrogen) atoms. The Labute approximate surface area is 252 Å². The second-order valence-electron chi connectivity index (χ2n) is 11.9. The van der Waals surface area contributed by atoms with E-state index < -0.39 is 11.9 Å². The fourth-order valence-corrected chi connectivity index (χ4v) is 6.68. The number of carbonyl (C=O) groups is 4. The zero-order chi connectivity index (χ0) is 31.6. The Morgan fingerprint density at radius 1 is 0.860 bits per heavy atom. The van der Waals surface area contributed by atoms with Crippen molar-refractivity contribution in [2.75, 3.05) is 0 Å². The van der Waals surface area contributed by atoms with E-state index in [2.05, 4.69) is 27.9 Å². The van der Waals surface area contributed by atoms with Gasteiger partial charge < -0.3 is 25.8 Å². The van der Waals surface area contributed by atoms with Gasteiger partial charge in [-0.3, -0.25) is 24.5 Å². The molecule has 232 valence electrons. The minimum atomic E-state index is -0.895. The van der Waals surface area contributed by atoms with Crippen LogP contribution in [0, 0.1) is 18.8 Å². The molecule has 3 unspecified atom stereocenters. The third-order valence-corrected chi connectivity index (χ3v) is 9.35. The van der Waals surface area contributed by atoms with Gasteiger partial charge in [-0.2, -0.15) is 0 Å². The molecule has 1 aromatic heterocycles. The molecular formula is C33H44N4O6. The molecular weight excluding hydrogens is 548 g/mol. The molecule has 5 atom stereocenters. The highest BCUT2D eigenvalue weighted by Crippen LogP contribution is 2.33. The molecule has 2 amide bonds. The first-order valence-corrected chi connectivity index (χ1v) is 15.2. The van der Waals surface area contributed by atoms with E-state index >= 15 is 0 Å². The Morgan fingerprint density at radius 3 is 2.12 bits per heavy atom. The van der Waals surface area contributed by atoms with Crippen molar-refractivity contribution in [3.05, 3.63) is 55.9 Å². The maximum Gasteiger partial charge on any atom is 0.303 e. The Morgan fingerprint density at radius 2 is 1.51 bits per heavy atom. The molecule has 3 aliphatic rings. The van der Waals surface area contributed by atoms with Gasteiger partial charge in [0.25, 0.3) is 0 Å². The van der Waals surface area contributed by atoms with E-state index in [9.17, 15) is 29.4 Å². The number of carboxylic acids is 2. The van der Waals surface area contributed by atoms with Crippen LogP contribution in [0.15, 0.2) is 34.1 Å². The largest absolute Gasteiger partial charge is 0.481 e. The fourth-order valence-electron chi connectivity index (χ4n) is 6.68. The van der Waals surface area contributed by atoms with Gasteiger partial charge in [-0.1, -0.05) is 26.3 Å². The monoisotopic (exact) mass is 592 g/mol. The van der Waals surface area contributed by atoms with E-state index in [0.717, 1.165) is 56.2 Å². The minimum Gasteiger partial charge on any atom is -0.481 e. The Hall–Kier alpha value is -3.92. The van der Waals surface area contributed by atoms with Gasteiger partial charge in [0.2, 0.25) is 11.8 Å². The lowest BCUT2D eigenvalue weighted by Crippen LogP contribution is -2.33. The van der Waals surface area contributed by atoms with Crippen LogP contribution in [0.4, 0.5) is 0 Å². The van der Waals surface area contributed by atoms with Crippen LogP contribution in [0.1, 0.15) is 77.8 Å². The maximum atomic E-state index is 12.4. The zero-order valence-corrected chi connectivity index (χ0v) is 25.9. The molecule has 10 heteroatoms. The summed E-state index contributed by atoms with van der Waals surface area (Å²) in [7, 11) is 0. The third-order valence-electron chi connectivity index (χ3n) is 9.35. The lowest BCUT2D eigenvalue weighted by Gasteiger charge is -2.16. The number of carbonyl (C=O) groups excluding carboxylic acids is 2. The number of carboxylic acid groups (broad SMARTS) is 2. The normalized spacial score (nSPS) is 27.6. The van der Waals surface area contributed by atoms with E-state index in [1.807, 2.05) is 52.8 Å². The summed E-state index contributed by atoms with van der Waals surface area (Å²) in [5.74, 6) is -1.85. The van der Waals surface area contributed by atoms with Gasteiger partial charge in [-0.25, -0.2) is 0 Å². The van der Waals surface area contributed by atoms with Crippen LogP contribution in [0.2, 0.25) is 0 Å². The van der Waals surface area contributed by atoms with Crippen LogP contribution in [-0.4, -0.2) is 57.1 Å². The molecule has 0 saturated carbocycles. The molecule has 0 aliphatic carbocycles. The summed E-state index contributed by atoms with van der Waals surface area (Å²) in [5.41, 5.74) is 6.40. The van der Waals surface area contributed by atoms with Crippen LogP contribution >= 0.6 is 0 Å². The number of amides is 2. The first kappa shape index (κ1) is 32.0. The summed E-state index contributed by atoms with van der Waals surface area (Å²) in [6.07, 6.45) is 8.13. The number of rotatable bonds is 11. The van der Waals surface area contributed by atoms with Crippen molar-refractivity contribution in [3.63, 3.8) is 0 Å². The first-order valence-electron chi connectivity index (χ1n) is 15.2. The van der Waals surface area contributed by atoms with E-state index in [0.29, 0.717) is 19.3 Å². The Bertz CT molecular complexity index is 1540. The van der Waals surface area contributed by atoms with Crippen molar-refractivity contribution < 1.29 is 29.4 Å². The fraction of sp³-hybridized carbons (Fsp3) is 0.515. The number of hydrogen-bond acceptors (Lipinski definition) is 5.